The number of nitrogens with zero attached hydrogens (tertiary/aromatic N) is 2. The summed E-state index contributed by atoms with van der Waals surface area (Å²) >= 11 is 18.7. The van der Waals surface area contributed by atoms with Gasteiger partial charge in [0.1, 0.15) is 12.6 Å². The van der Waals surface area contributed by atoms with Gasteiger partial charge in [-0.1, -0.05) is 71.9 Å². The fourth-order valence-corrected chi connectivity index (χ4v) is 5.56. The van der Waals surface area contributed by atoms with Crippen molar-refractivity contribution in [3.8, 4) is 0 Å². The minimum absolute atomic E-state index is 0.0112. The molecule has 3 rings (SSSR count). The molecule has 2 aromatic rings. The van der Waals surface area contributed by atoms with Crippen LogP contribution in [0.2, 0.25) is 15.1 Å². The molecule has 2 amide bonds. The van der Waals surface area contributed by atoms with Gasteiger partial charge in [-0.2, -0.15) is 0 Å². The van der Waals surface area contributed by atoms with E-state index in [4.69, 9.17) is 34.8 Å². The van der Waals surface area contributed by atoms with E-state index in [-0.39, 0.29) is 34.2 Å². The highest BCUT2D eigenvalue weighted by Gasteiger charge is 2.32. The maximum atomic E-state index is 13.6. The topological polar surface area (TPSA) is 86.8 Å². The largest absolute Gasteiger partial charge is 0.352 e. The number of hydrogen-bond acceptors (Lipinski definition) is 4. The third-order valence-electron chi connectivity index (χ3n) is 6.05. The maximum Gasteiger partial charge on any atom is 0.244 e. The van der Waals surface area contributed by atoms with E-state index < -0.39 is 28.5 Å². The van der Waals surface area contributed by atoms with Gasteiger partial charge in [-0.05, 0) is 43.5 Å². The molecule has 0 unspecified atom stereocenters. The number of hydrogen-bond donors (Lipinski definition) is 1. The second-order valence-electron chi connectivity index (χ2n) is 8.62. The van der Waals surface area contributed by atoms with Crippen molar-refractivity contribution in [3.05, 3.63) is 63.1 Å². The number of benzene rings is 2. The zero-order valence-electron chi connectivity index (χ0n) is 19.5. The molecule has 35 heavy (non-hydrogen) atoms. The predicted molar refractivity (Wildman–Crippen MR) is 141 cm³/mol. The molecule has 11 heteroatoms. The molecule has 2 aromatic carbocycles. The number of amides is 2. The van der Waals surface area contributed by atoms with E-state index in [1.54, 1.807) is 37.3 Å². The normalized spacial score (nSPS) is 15.0. The van der Waals surface area contributed by atoms with Crippen LogP contribution < -0.4 is 9.62 Å². The van der Waals surface area contributed by atoms with Gasteiger partial charge in [0.25, 0.3) is 0 Å². The fraction of sp³-hybridized carbons (Fsp3) is 0.417. The first-order chi connectivity index (χ1) is 16.5. The smallest absolute Gasteiger partial charge is 0.244 e. The number of carbonyl (C=O) groups excluding carboxylic acids is 2. The highest BCUT2D eigenvalue weighted by Crippen LogP contribution is 2.34. The van der Waals surface area contributed by atoms with Gasteiger partial charge in [0.15, 0.2) is 0 Å². The van der Waals surface area contributed by atoms with Crippen LogP contribution in [-0.4, -0.2) is 50.0 Å². The van der Waals surface area contributed by atoms with Gasteiger partial charge in [-0.3, -0.25) is 13.9 Å². The summed E-state index contributed by atoms with van der Waals surface area (Å²) in [5.74, 6) is -0.885. The molecule has 1 aliphatic carbocycles. The molecular formula is C24H28Cl3N3O4S. The third kappa shape index (κ3) is 7.03. The van der Waals surface area contributed by atoms with Crippen molar-refractivity contribution in [2.45, 2.75) is 51.2 Å². The Labute approximate surface area is 221 Å². The molecule has 1 N–H and O–H groups in total. The van der Waals surface area contributed by atoms with Crippen LogP contribution >= 0.6 is 34.8 Å². The Morgan fingerprint density at radius 2 is 1.66 bits per heavy atom. The van der Waals surface area contributed by atoms with Gasteiger partial charge >= 0.3 is 0 Å². The number of sulfonamides is 1. The van der Waals surface area contributed by atoms with Crippen LogP contribution in [0.1, 0.15) is 38.2 Å². The number of carbonyl (C=O) groups is 2. The zero-order chi connectivity index (χ0) is 25.8. The highest BCUT2D eigenvalue weighted by molar-refractivity contribution is 7.92. The Bertz CT molecular complexity index is 1190. The lowest BCUT2D eigenvalue weighted by molar-refractivity contribution is -0.139. The van der Waals surface area contributed by atoms with Crippen molar-refractivity contribution >= 4 is 62.3 Å². The number of nitrogens with one attached hydrogen (secondary N) is 1. The van der Waals surface area contributed by atoms with Crippen LogP contribution in [0.5, 0.6) is 0 Å². The average molecular weight is 561 g/mol. The Morgan fingerprint density at radius 3 is 2.29 bits per heavy atom. The first-order valence-corrected chi connectivity index (χ1v) is 14.2. The molecule has 0 aromatic heterocycles. The van der Waals surface area contributed by atoms with E-state index in [0.717, 1.165) is 36.2 Å². The summed E-state index contributed by atoms with van der Waals surface area (Å²) in [6.45, 7) is 1.08. The first kappa shape index (κ1) is 27.6. The van der Waals surface area contributed by atoms with Gasteiger partial charge < -0.3 is 10.2 Å². The first-order valence-electron chi connectivity index (χ1n) is 11.2. The second kappa shape index (κ2) is 11.8. The van der Waals surface area contributed by atoms with Crippen LogP contribution in [-0.2, 0) is 26.2 Å². The quantitative estimate of drug-likeness (QED) is 0.473. The Balaban J connectivity index is 1.92. The Hall–Kier alpha value is -2.00. The molecule has 0 radical (unpaired) electrons. The van der Waals surface area contributed by atoms with Crippen molar-refractivity contribution in [2.75, 3.05) is 17.1 Å². The van der Waals surface area contributed by atoms with Crippen LogP contribution in [0.15, 0.2) is 42.5 Å². The van der Waals surface area contributed by atoms with Crippen molar-refractivity contribution < 1.29 is 18.0 Å². The minimum atomic E-state index is -3.92. The fourth-order valence-electron chi connectivity index (χ4n) is 4.06. The Kier molecular flexibility index (Phi) is 9.32. The van der Waals surface area contributed by atoms with E-state index in [1.807, 2.05) is 0 Å². The van der Waals surface area contributed by atoms with Crippen LogP contribution in [0.25, 0.3) is 0 Å². The molecule has 190 valence electrons. The lowest BCUT2D eigenvalue weighted by Crippen LogP contribution is -2.52. The van der Waals surface area contributed by atoms with Crippen LogP contribution in [0, 0.1) is 0 Å². The molecule has 7 nitrogen and oxygen atoms in total. The standard InChI is InChI=1S/C24H28Cl3N3O4S/c1-16(24(32)28-18-9-4-5-10-18)29(14-17-8-3-6-11-19(17)25)22(31)15-30(35(2,33)34)21-13-7-12-20(26)23(21)27/h3,6-8,11-13,16,18H,4-5,9-10,14-15H2,1-2H3,(H,28,32)/t16-/m0/s1. The number of anilines is 1. The lowest BCUT2D eigenvalue weighted by atomic mass is 10.1. The van der Waals surface area contributed by atoms with Gasteiger partial charge in [-0.15, -0.1) is 0 Å². The highest BCUT2D eigenvalue weighted by atomic mass is 35.5. The van der Waals surface area contributed by atoms with Gasteiger partial charge in [0.2, 0.25) is 21.8 Å². The molecule has 1 atom stereocenters. The molecule has 1 aliphatic rings. The van der Waals surface area contributed by atoms with Gasteiger partial charge in [0, 0.05) is 17.6 Å². The maximum absolute atomic E-state index is 13.6. The van der Waals surface area contributed by atoms with Crippen molar-refractivity contribution in [1.82, 2.24) is 10.2 Å². The SMILES string of the molecule is C[C@@H](C(=O)NC1CCCC1)N(Cc1ccccc1Cl)C(=O)CN(c1cccc(Cl)c1Cl)S(C)(=O)=O. The van der Waals surface area contributed by atoms with Crippen LogP contribution in [0.3, 0.4) is 0 Å². The Morgan fingerprint density at radius 1 is 1.03 bits per heavy atom. The number of rotatable bonds is 9. The summed E-state index contributed by atoms with van der Waals surface area (Å²) < 4.78 is 26.2. The molecule has 0 saturated heterocycles. The van der Waals surface area contributed by atoms with Crippen LogP contribution in [0.4, 0.5) is 5.69 Å². The predicted octanol–water partition coefficient (Wildman–Crippen LogP) is 4.89. The van der Waals surface area contributed by atoms with E-state index in [0.29, 0.717) is 10.6 Å². The van der Waals surface area contributed by atoms with Gasteiger partial charge in [-0.25, -0.2) is 8.42 Å². The summed E-state index contributed by atoms with van der Waals surface area (Å²) in [5.41, 5.74) is 0.713. The van der Waals surface area contributed by atoms with E-state index in [9.17, 15) is 18.0 Å². The summed E-state index contributed by atoms with van der Waals surface area (Å²) in [5, 5.41) is 3.61. The van der Waals surface area contributed by atoms with E-state index >= 15 is 0 Å². The summed E-state index contributed by atoms with van der Waals surface area (Å²) in [7, 11) is -3.92. The van der Waals surface area contributed by atoms with Crippen molar-refractivity contribution in [3.63, 3.8) is 0 Å². The van der Waals surface area contributed by atoms with E-state index in [1.165, 1.54) is 17.0 Å². The monoisotopic (exact) mass is 559 g/mol. The average Bonchev–Trinajstić information content (AvgIpc) is 3.30. The number of halogens is 3. The van der Waals surface area contributed by atoms with Crippen molar-refractivity contribution in [1.29, 1.82) is 0 Å². The van der Waals surface area contributed by atoms with Crippen molar-refractivity contribution in [2.24, 2.45) is 0 Å². The summed E-state index contributed by atoms with van der Waals surface area (Å²) in [4.78, 5) is 28.0. The van der Waals surface area contributed by atoms with E-state index in [2.05, 4.69) is 5.32 Å². The molecule has 0 bridgehead atoms. The summed E-state index contributed by atoms with van der Waals surface area (Å²) in [6, 6.07) is 10.7. The zero-order valence-corrected chi connectivity index (χ0v) is 22.6. The molecule has 0 heterocycles. The lowest BCUT2D eigenvalue weighted by Gasteiger charge is -2.32. The molecular weight excluding hydrogens is 533 g/mol. The molecule has 1 fully saturated rings. The molecule has 1 saturated carbocycles. The summed E-state index contributed by atoms with van der Waals surface area (Å²) in [6.07, 6.45) is 4.86. The van der Waals surface area contributed by atoms with Gasteiger partial charge in [0.05, 0.1) is 22.0 Å². The molecule has 0 aliphatic heterocycles. The second-order valence-corrected chi connectivity index (χ2v) is 11.7. The third-order valence-corrected chi connectivity index (χ3v) is 8.35. The minimum Gasteiger partial charge on any atom is -0.352 e. The molecule has 0 spiro atoms.